The molecule has 168 valence electrons. The van der Waals surface area contributed by atoms with E-state index in [-0.39, 0.29) is 31.1 Å². The van der Waals surface area contributed by atoms with Crippen LogP contribution in [-0.2, 0) is 0 Å². The highest BCUT2D eigenvalue weighted by Crippen LogP contribution is 2.29. The molecule has 2 N–H and O–H groups in total. The fourth-order valence-electron chi connectivity index (χ4n) is 2.83. The lowest BCUT2D eigenvalue weighted by Gasteiger charge is -2.16. The summed E-state index contributed by atoms with van der Waals surface area (Å²) in [6.45, 7) is 3.95. The van der Waals surface area contributed by atoms with Crippen LogP contribution >= 0.6 is 11.3 Å². The van der Waals surface area contributed by atoms with Gasteiger partial charge < -0.3 is 19.5 Å². The molecule has 0 saturated carbocycles. The fourth-order valence-corrected chi connectivity index (χ4v) is 3.35. The SMILES string of the molecule is CC(C)Oc1cc(Oc2ccc(C(=O)N(C)CCO)cc2)cc(C(=O)Nc2nccs2)c1. The molecule has 0 aliphatic heterocycles. The van der Waals surface area contributed by atoms with Crippen LogP contribution < -0.4 is 14.8 Å². The second kappa shape index (κ2) is 10.7. The summed E-state index contributed by atoms with van der Waals surface area (Å²) in [6.07, 6.45) is 1.53. The number of likely N-dealkylation sites (N-methyl/N-ethyl adjacent to an activating group) is 1. The Hall–Kier alpha value is -3.43. The molecule has 2 aromatic carbocycles. The van der Waals surface area contributed by atoms with Crippen molar-refractivity contribution >= 4 is 28.3 Å². The van der Waals surface area contributed by atoms with Gasteiger partial charge in [0.25, 0.3) is 11.8 Å². The third-order valence-electron chi connectivity index (χ3n) is 4.29. The quantitative estimate of drug-likeness (QED) is 0.505. The van der Waals surface area contributed by atoms with Gasteiger partial charge >= 0.3 is 0 Å². The summed E-state index contributed by atoms with van der Waals surface area (Å²) < 4.78 is 11.7. The number of carbonyl (C=O) groups is 2. The van der Waals surface area contributed by atoms with E-state index in [0.29, 0.717) is 33.5 Å². The number of aromatic nitrogens is 1. The number of hydrogen-bond donors (Lipinski definition) is 2. The van der Waals surface area contributed by atoms with Gasteiger partial charge in [-0.15, -0.1) is 11.3 Å². The summed E-state index contributed by atoms with van der Waals surface area (Å²) in [6, 6.07) is 11.6. The van der Waals surface area contributed by atoms with Gasteiger partial charge in [0.1, 0.15) is 17.2 Å². The lowest BCUT2D eigenvalue weighted by molar-refractivity contribution is 0.0767. The Balaban J connectivity index is 1.80. The number of aliphatic hydroxyl groups excluding tert-OH is 1. The zero-order valence-electron chi connectivity index (χ0n) is 18.1. The maximum Gasteiger partial charge on any atom is 0.257 e. The Morgan fingerprint density at radius 3 is 2.44 bits per heavy atom. The first-order valence-corrected chi connectivity index (χ1v) is 10.9. The number of thiazole rings is 1. The minimum absolute atomic E-state index is 0.0821. The molecular formula is C23H25N3O5S. The molecule has 3 aromatic rings. The highest BCUT2D eigenvalue weighted by Gasteiger charge is 2.14. The van der Waals surface area contributed by atoms with Gasteiger partial charge in [-0.3, -0.25) is 14.9 Å². The monoisotopic (exact) mass is 455 g/mol. The van der Waals surface area contributed by atoms with Gasteiger partial charge in [-0.25, -0.2) is 4.98 Å². The molecular weight excluding hydrogens is 430 g/mol. The molecule has 32 heavy (non-hydrogen) atoms. The second-order valence-electron chi connectivity index (χ2n) is 7.23. The lowest BCUT2D eigenvalue weighted by Crippen LogP contribution is -2.29. The van der Waals surface area contributed by atoms with Crippen LogP contribution in [0.4, 0.5) is 5.13 Å². The molecule has 2 amide bonds. The normalized spacial score (nSPS) is 10.7. The fraction of sp³-hybridized carbons (Fsp3) is 0.261. The van der Waals surface area contributed by atoms with E-state index in [1.807, 2.05) is 13.8 Å². The number of hydrogen-bond acceptors (Lipinski definition) is 7. The molecule has 0 atom stereocenters. The first-order chi connectivity index (χ1) is 15.4. The Morgan fingerprint density at radius 1 is 1.09 bits per heavy atom. The molecule has 8 nitrogen and oxygen atoms in total. The summed E-state index contributed by atoms with van der Waals surface area (Å²) in [4.78, 5) is 30.5. The summed E-state index contributed by atoms with van der Waals surface area (Å²) in [7, 11) is 1.63. The van der Waals surface area contributed by atoms with E-state index < -0.39 is 0 Å². The van der Waals surface area contributed by atoms with Crippen LogP contribution in [0.3, 0.4) is 0 Å². The number of anilines is 1. The number of rotatable bonds is 9. The number of aliphatic hydroxyl groups is 1. The molecule has 0 fully saturated rings. The molecule has 0 bridgehead atoms. The summed E-state index contributed by atoms with van der Waals surface area (Å²) in [5, 5.41) is 14.0. The van der Waals surface area contributed by atoms with Crippen LogP contribution in [0, 0.1) is 0 Å². The summed E-state index contributed by atoms with van der Waals surface area (Å²) in [5.74, 6) is 0.897. The molecule has 0 unspecified atom stereocenters. The standard InChI is InChI=1S/C23H25N3O5S/c1-15(2)30-19-12-17(21(28)25-23-24-8-11-32-23)13-20(14-19)31-18-6-4-16(5-7-18)22(29)26(3)9-10-27/h4-8,11-15,27H,9-10H2,1-3H3,(H,24,25,28). The predicted octanol–water partition coefficient (Wildman–Crippen LogP) is 4.04. The zero-order valence-corrected chi connectivity index (χ0v) is 18.9. The molecule has 0 spiro atoms. The van der Waals surface area contributed by atoms with E-state index >= 15 is 0 Å². The largest absolute Gasteiger partial charge is 0.491 e. The highest BCUT2D eigenvalue weighted by molar-refractivity contribution is 7.13. The van der Waals surface area contributed by atoms with Gasteiger partial charge in [-0.05, 0) is 50.2 Å². The molecule has 1 heterocycles. The Bertz CT molecular complexity index is 1050. The third kappa shape index (κ3) is 6.29. The van der Waals surface area contributed by atoms with E-state index in [2.05, 4.69) is 10.3 Å². The molecule has 0 aliphatic carbocycles. The predicted molar refractivity (Wildman–Crippen MR) is 123 cm³/mol. The molecule has 0 saturated heterocycles. The highest BCUT2D eigenvalue weighted by atomic mass is 32.1. The van der Waals surface area contributed by atoms with Crippen molar-refractivity contribution in [3.05, 3.63) is 65.2 Å². The first kappa shape index (κ1) is 23.2. The third-order valence-corrected chi connectivity index (χ3v) is 4.97. The maximum absolute atomic E-state index is 12.7. The van der Waals surface area contributed by atoms with Crippen molar-refractivity contribution in [2.24, 2.45) is 0 Å². The van der Waals surface area contributed by atoms with E-state index in [4.69, 9.17) is 14.6 Å². The number of carbonyl (C=O) groups excluding carboxylic acids is 2. The van der Waals surface area contributed by atoms with E-state index in [1.54, 1.807) is 61.1 Å². The summed E-state index contributed by atoms with van der Waals surface area (Å²) in [5.41, 5.74) is 0.847. The number of nitrogens with one attached hydrogen (secondary N) is 1. The van der Waals surface area contributed by atoms with Crippen molar-refractivity contribution < 1.29 is 24.2 Å². The average Bonchev–Trinajstić information content (AvgIpc) is 3.26. The van der Waals surface area contributed by atoms with Gasteiger partial charge in [-0.1, -0.05) is 0 Å². The molecule has 3 rings (SSSR count). The Labute approximate surface area is 190 Å². The molecule has 0 aliphatic rings. The number of benzene rings is 2. The van der Waals surface area contributed by atoms with E-state index in [1.165, 1.54) is 16.2 Å². The molecule has 1 aromatic heterocycles. The van der Waals surface area contributed by atoms with E-state index in [9.17, 15) is 9.59 Å². The van der Waals surface area contributed by atoms with Crippen molar-refractivity contribution in [1.82, 2.24) is 9.88 Å². The zero-order chi connectivity index (χ0) is 23.1. The van der Waals surface area contributed by atoms with Crippen molar-refractivity contribution in [3.8, 4) is 17.2 Å². The van der Waals surface area contributed by atoms with Crippen molar-refractivity contribution in [2.75, 3.05) is 25.5 Å². The topological polar surface area (TPSA) is 101 Å². The van der Waals surface area contributed by atoms with Crippen molar-refractivity contribution in [3.63, 3.8) is 0 Å². The number of nitrogens with zero attached hydrogens (tertiary/aromatic N) is 2. The van der Waals surface area contributed by atoms with Crippen LogP contribution in [0.2, 0.25) is 0 Å². The van der Waals surface area contributed by atoms with Crippen LogP contribution in [0.5, 0.6) is 17.2 Å². The minimum atomic E-state index is -0.327. The van der Waals surface area contributed by atoms with E-state index in [0.717, 1.165) is 0 Å². The first-order valence-electron chi connectivity index (χ1n) is 10.0. The average molecular weight is 456 g/mol. The molecule has 0 radical (unpaired) electrons. The van der Waals surface area contributed by atoms with Crippen molar-refractivity contribution in [2.45, 2.75) is 20.0 Å². The second-order valence-corrected chi connectivity index (χ2v) is 8.12. The van der Waals surface area contributed by atoms with Gasteiger partial charge in [0.15, 0.2) is 5.13 Å². The van der Waals surface area contributed by atoms with Gasteiger partial charge in [0, 0.05) is 42.4 Å². The van der Waals surface area contributed by atoms with Crippen LogP contribution in [-0.4, -0.2) is 53.1 Å². The Morgan fingerprint density at radius 2 is 1.81 bits per heavy atom. The van der Waals surface area contributed by atoms with Crippen LogP contribution in [0.1, 0.15) is 34.6 Å². The van der Waals surface area contributed by atoms with Crippen molar-refractivity contribution in [1.29, 1.82) is 0 Å². The maximum atomic E-state index is 12.7. The van der Waals surface area contributed by atoms with Gasteiger partial charge in [-0.2, -0.15) is 0 Å². The number of amides is 2. The minimum Gasteiger partial charge on any atom is -0.491 e. The van der Waals surface area contributed by atoms with Gasteiger partial charge in [0.2, 0.25) is 0 Å². The van der Waals surface area contributed by atoms with Gasteiger partial charge in [0.05, 0.1) is 12.7 Å². The Kier molecular flexibility index (Phi) is 7.80. The summed E-state index contributed by atoms with van der Waals surface area (Å²) >= 11 is 1.33. The van der Waals surface area contributed by atoms with Crippen LogP contribution in [0.25, 0.3) is 0 Å². The smallest absolute Gasteiger partial charge is 0.257 e. The van der Waals surface area contributed by atoms with Crippen LogP contribution in [0.15, 0.2) is 54.0 Å². The lowest BCUT2D eigenvalue weighted by atomic mass is 10.1. The number of ether oxygens (including phenoxy) is 2. The molecule has 9 heteroatoms.